The van der Waals surface area contributed by atoms with Crippen molar-refractivity contribution in [2.45, 2.75) is 19.0 Å². The minimum absolute atomic E-state index is 0.126. The van der Waals surface area contributed by atoms with E-state index in [2.05, 4.69) is 15.3 Å². The number of anilines is 1. The Balaban J connectivity index is 1.66. The molecule has 1 saturated heterocycles. The van der Waals surface area contributed by atoms with Crippen molar-refractivity contribution in [3.8, 4) is 11.3 Å². The number of hydrogen-bond acceptors (Lipinski definition) is 2. The molecule has 1 fully saturated rings. The van der Waals surface area contributed by atoms with Crippen LogP contribution in [0.3, 0.4) is 0 Å². The summed E-state index contributed by atoms with van der Waals surface area (Å²) in [6, 6.07) is 16.0. The van der Waals surface area contributed by atoms with Gasteiger partial charge in [-0.25, -0.2) is 0 Å². The van der Waals surface area contributed by atoms with E-state index < -0.39 is 37.7 Å². The number of aromatic amines is 1. The quantitative estimate of drug-likeness (QED) is 0.342. The predicted molar refractivity (Wildman–Crippen MR) is 115 cm³/mol. The third kappa shape index (κ3) is 4.47. The maximum atomic E-state index is 13.2. The van der Waals surface area contributed by atoms with Crippen LogP contribution >= 0.6 is 19.8 Å². The normalized spacial score (nSPS) is 15.5. The molecule has 2 N–H and O–H groups in total. The first-order chi connectivity index (χ1) is 13.9. The van der Waals surface area contributed by atoms with Crippen molar-refractivity contribution in [1.82, 2.24) is 9.97 Å². The van der Waals surface area contributed by atoms with Crippen LogP contribution in [0.15, 0.2) is 54.6 Å². The Morgan fingerprint density at radius 2 is 1.66 bits per heavy atom. The molecule has 29 heavy (non-hydrogen) atoms. The minimum atomic E-state index is -4.64. The molecule has 3 aromatic rings. The molecule has 0 atom stereocenters. The molecule has 0 saturated carbocycles. The van der Waals surface area contributed by atoms with E-state index in [9.17, 15) is 18.0 Å². The number of carbonyl (C=O) groups excluding carboxylic acids is 1. The summed E-state index contributed by atoms with van der Waals surface area (Å²) >= 11 is -1.11. The average molecular weight is 513 g/mol. The Hall–Kier alpha value is -2.36. The van der Waals surface area contributed by atoms with Gasteiger partial charge in [-0.1, -0.05) is 0 Å². The zero-order chi connectivity index (χ0) is 20.4. The fraction of sp³-hybridized carbons (Fsp3) is 0.238. The molecular weight excluding hydrogens is 494 g/mol. The van der Waals surface area contributed by atoms with Gasteiger partial charge in [0.25, 0.3) is 0 Å². The Kier molecular flexibility index (Phi) is 5.62. The van der Waals surface area contributed by atoms with Gasteiger partial charge in [-0.05, 0) is 0 Å². The monoisotopic (exact) mass is 513 g/mol. The van der Waals surface area contributed by atoms with Crippen LogP contribution in [0.5, 0.6) is 0 Å². The van der Waals surface area contributed by atoms with E-state index in [1.807, 2.05) is 24.3 Å². The molecule has 0 bridgehead atoms. The zero-order valence-corrected chi connectivity index (χ0v) is 17.5. The summed E-state index contributed by atoms with van der Waals surface area (Å²) < 4.78 is 43.6. The first-order valence-corrected chi connectivity index (χ1v) is 13.3. The van der Waals surface area contributed by atoms with E-state index in [0.717, 1.165) is 0 Å². The summed E-state index contributed by atoms with van der Waals surface area (Å²) in [5.41, 5.74) is 1.07. The number of halogens is 4. The fourth-order valence-electron chi connectivity index (χ4n) is 3.20. The molecule has 1 aromatic heterocycles. The summed E-state index contributed by atoms with van der Waals surface area (Å²) in [7, 11) is 0. The van der Waals surface area contributed by atoms with Crippen LogP contribution in [0, 0.1) is 3.57 Å². The van der Waals surface area contributed by atoms with Crippen LogP contribution in [-0.4, -0.2) is 24.7 Å². The Morgan fingerprint density at radius 1 is 1.00 bits per heavy atom. The van der Waals surface area contributed by atoms with Gasteiger partial charge in [-0.2, -0.15) is 0 Å². The third-order valence-electron chi connectivity index (χ3n) is 4.66. The standard InChI is InChI=1S/C21H19F3IN3O/c22-21(23,24)20-26-17(14-8-10-16(11-9-14)25-12-4-5-13-25)18(28-20)27-19(29)15-6-2-1-3-7-15/h1-3,6-11H,4-5,12-13H2,(H,26,28)(H,27,29). The number of amides is 1. The molecular formula is C21H19F3IN3O. The Bertz CT molecular complexity index is 994. The van der Waals surface area contributed by atoms with Crippen LogP contribution in [0.25, 0.3) is 11.3 Å². The molecule has 152 valence electrons. The molecule has 0 unspecified atom stereocenters. The molecule has 1 amide bonds. The van der Waals surface area contributed by atoms with Gasteiger partial charge in [-0.3, -0.25) is 0 Å². The zero-order valence-electron chi connectivity index (χ0n) is 15.4. The summed E-state index contributed by atoms with van der Waals surface area (Å²) in [4.78, 5) is 18.4. The van der Waals surface area contributed by atoms with Crippen LogP contribution in [0.4, 0.5) is 19.0 Å². The fourth-order valence-corrected chi connectivity index (χ4v) is 9.28. The number of nitrogens with one attached hydrogen (secondary N) is 2. The van der Waals surface area contributed by atoms with E-state index in [-0.39, 0.29) is 11.5 Å². The SMILES string of the molecule is O=C(Nc1nc(C(F)(F)F)[nH]c1-c1ccc(I2CCCC2)cc1)c1ccccc1. The molecule has 0 spiro atoms. The number of hydrogen-bond donors (Lipinski definition) is 2. The van der Waals surface area contributed by atoms with Crippen molar-refractivity contribution in [3.05, 3.63) is 69.6 Å². The molecule has 4 rings (SSSR count). The molecule has 2 aromatic carbocycles. The van der Waals surface area contributed by atoms with Crippen molar-refractivity contribution in [1.29, 1.82) is 0 Å². The van der Waals surface area contributed by atoms with Gasteiger partial charge in [0.05, 0.1) is 0 Å². The van der Waals surface area contributed by atoms with Gasteiger partial charge in [0.1, 0.15) is 0 Å². The molecule has 0 radical (unpaired) electrons. The van der Waals surface area contributed by atoms with E-state index in [1.165, 1.54) is 25.3 Å². The number of benzene rings is 2. The van der Waals surface area contributed by atoms with Gasteiger partial charge in [0.15, 0.2) is 0 Å². The predicted octanol–water partition coefficient (Wildman–Crippen LogP) is 5.82. The molecule has 1 aliphatic rings. The van der Waals surface area contributed by atoms with E-state index in [0.29, 0.717) is 11.1 Å². The summed E-state index contributed by atoms with van der Waals surface area (Å²) in [5.74, 6) is -1.77. The Morgan fingerprint density at radius 3 is 2.28 bits per heavy atom. The first kappa shape index (κ1) is 19.9. The van der Waals surface area contributed by atoms with Gasteiger partial charge >= 0.3 is 173 Å². The topological polar surface area (TPSA) is 57.8 Å². The second-order valence-corrected chi connectivity index (χ2v) is 12.7. The maximum absolute atomic E-state index is 13.2. The number of carbonyl (C=O) groups is 1. The van der Waals surface area contributed by atoms with Crippen LogP contribution in [0.1, 0.15) is 29.0 Å². The van der Waals surface area contributed by atoms with Crippen molar-refractivity contribution in [3.63, 3.8) is 0 Å². The number of alkyl halides is 5. The van der Waals surface area contributed by atoms with Crippen molar-refractivity contribution >= 4 is 31.5 Å². The van der Waals surface area contributed by atoms with Crippen LogP contribution in [0.2, 0.25) is 0 Å². The van der Waals surface area contributed by atoms with E-state index in [1.54, 1.807) is 30.3 Å². The van der Waals surface area contributed by atoms with Gasteiger partial charge in [-0.15, -0.1) is 0 Å². The molecule has 4 nitrogen and oxygen atoms in total. The molecule has 1 aliphatic heterocycles. The number of imidazole rings is 1. The summed E-state index contributed by atoms with van der Waals surface area (Å²) in [6.45, 7) is 0. The van der Waals surface area contributed by atoms with Gasteiger partial charge in [0, 0.05) is 0 Å². The second-order valence-electron chi connectivity index (χ2n) is 6.68. The third-order valence-corrected chi connectivity index (χ3v) is 11.3. The van der Waals surface area contributed by atoms with Crippen molar-refractivity contribution in [2.24, 2.45) is 0 Å². The second kappa shape index (κ2) is 8.17. The molecule has 8 heteroatoms. The summed E-state index contributed by atoms with van der Waals surface area (Å²) in [6.07, 6.45) is -2.09. The Labute approximate surface area is 173 Å². The number of nitrogens with zero attached hydrogens (tertiary/aromatic N) is 1. The number of aromatic nitrogens is 2. The number of rotatable bonds is 4. The number of H-pyrrole nitrogens is 1. The molecule has 2 heterocycles. The molecule has 0 aliphatic carbocycles. The van der Waals surface area contributed by atoms with Gasteiger partial charge < -0.3 is 0 Å². The van der Waals surface area contributed by atoms with Crippen LogP contribution < -0.4 is 5.32 Å². The van der Waals surface area contributed by atoms with E-state index in [4.69, 9.17) is 0 Å². The van der Waals surface area contributed by atoms with Crippen molar-refractivity contribution in [2.75, 3.05) is 14.2 Å². The van der Waals surface area contributed by atoms with Crippen molar-refractivity contribution < 1.29 is 18.0 Å². The first-order valence-electron chi connectivity index (χ1n) is 9.17. The summed E-state index contributed by atoms with van der Waals surface area (Å²) in [5, 5.41) is 2.52. The van der Waals surface area contributed by atoms with Crippen LogP contribution in [-0.2, 0) is 6.18 Å². The van der Waals surface area contributed by atoms with Gasteiger partial charge in [0.2, 0.25) is 0 Å². The van der Waals surface area contributed by atoms with E-state index >= 15 is 0 Å². The average Bonchev–Trinajstić information content (AvgIpc) is 3.39.